The van der Waals surface area contributed by atoms with Crippen molar-refractivity contribution in [2.75, 3.05) is 0 Å². The molecule has 2 rings (SSSR count). The van der Waals surface area contributed by atoms with Crippen molar-refractivity contribution in [2.24, 2.45) is 5.73 Å². The van der Waals surface area contributed by atoms with Gasteiger partial charge in [0, 0.05) is 33.3 Å². The summed E-state index contributed by atoms with van der Waals surface area (Å²) in [6, 6.07) is 9.16. The quantitative estimate of drug-likeness (QED) is 0.885. The first-order chi connectivity index (χ1) is 9.47. The Labute approximate surface area is 127 Å². The number of halogens is 3. The molecular formula is C15H14Cl2FNO. The van der Waals surface area contributed by atoms with E-state index >= 15 is 0 Å². The summed E-state index contributed by atoms with van der Waals surface area (Å²) in [7, 11) is 0. The SMILES string of the molecule is C[C@@H](N)c1ccc(F)cc1OCc1cc(Cl)ccc1Cl. The lowest BCUT2D eigenvalue weighted by Crippen LogP contribution is -2.08. The highest BCUT2D eigenvalue weighted by Crippen LogP contribution is 2.27. The van der Waals surface area contributed by atoms with Crippen molar-refractivity contribution < 1.29 is 9.13 Å². The summed E-state index contributed by atoms with van der Waals surface area (Å²) in [6.07, 6.45) is 0. The molecule has 5 heteroatoms. The molecule has 2 aromatic carbocycles. The van der Waals surface area contributed by atoms with Gasteiger partial charge in [-0.05, 0) is 31.2 Å². The molecule has 1 atom stereocenters. The summed E-state index contributed by atoms with van der Waals surface area (Å²) < 4.78 is 18.9. The van der Waals surface area contributed by atoms with Crippen LogP contribution in [0.25, 0.3) is 0 Å². The van der Waals surface area contributed by atoms with Crippen molar-refractivity contribution in [1.82, 2.24) is 0 Å². The lowest BCUT2D eigenvalue weighted by atomic mass is 10.1. The molecule has 0 aliphatic rings. The van der Waals surface area contributed by atoms with Crippen molar-refractivity contribution in [2.45, 2.75) is 19.6 Å². The minimum Gasteiger partial charge on any atom is -0.488 e. The lowest BCUT2D eigenvalue weighted by Gasteiger charge is -2.14. The van der Waals surface area contributed by atoms with Crippen LogP contribution in [0.4, 0.5) is 4.39 Å². The van der Waals surface area contributed by atoms with Gasteiger partial charge in [0.2, 0.25) is 0 Å². The molecule has 106 valence electrons. The van der Waals surface area contributed by atoms with Gasteiger partial charge in [0.05, 0.1) is 0 Å². The van der Waals surface area contributed by atoms with Gasteiger partial charge in [0.1, 0.15) is 18.2 Å². The summed E-state index contributed by atoms with van der Waals surface area (Å²) >= 11 is 12.0. The summed E-state index contributed by atoms with van der Waals surface area (Å²) in [5.41, 5.74) is 7.31. The van der Waals surface area contributed by atoms with Crippen LogP contribution in [0.1, 0.15) is 24.1 Å². The fourth-order valence-corrected chi connectivity index (χ4v) is 2.19. The van der Waals surface area contributed by atoms with Crippen LogP contribution in [-0.2, 0) is 6.61 Å². The molecule has 2 aromatic rings. The maximum atomic E-state index is 13.3. The van der Waals surface area contributed by atoms with Crippen molar-refractivity contribution in [3.05, 3.63) is 63.4 Å². The molecule has 0 amide bonds. The molecule has 0 radical (unpaired) electrons. The van der Waals surface area contributed by atoms with E-state index < -0.39 is 0 Å². The second-order valence-corrected chi connectivity index (χ2v) is 5.34. The third-order valence-electron chi connectivity index (χ3n) is 2.86. The van der Waals surface area contributed by atoms with E-state index in [2.05, 4.69) is 0 Å². The average molecular weight is 314 g/mol. The van der Waals surface area contributed by atoms with Crippen molar-refractivity contribution >= 4 is 23.2 Å². The summed E-state index contributed by atoms with van der Waals surface area (Å²) in [5.74, 6) is 0.0395. The summed E-state index contributed by atoms with van der Waals surface area (Å²) in [6.45, 7) is 2.01. The predicted octanol–water partition coefficient (Wildman–Crippen LogP) is 4.73. The highest BCUT2D eigenvalue weighted by molar-refractivity contribution is 6.33. The molecule has 20 heavy (non-hydrogen) atoms. The second kappa shape index (κ2) is 6.44. The van der Waals surface area contributed by atoms with E-state index in [0.717, 1.165) is 11.1 Å². The smallest absolute Gasteiger partial charge is 0.127 e. The Balaban J connectivity index is 2.22. The molecule has 2 N–H and O–H groups in total. The van der Waals surface area contributed by atoms with E-state index in [-0.39, 0.29) is 18.5 Å². The Morgan fingerprint density at radius 2 is 1.95 bits per heavy atom. The molecule has 0 heterocycles. The predicted molar refractivity (Wildman–Crippen MR) is 79.8 cm³/mol. The van der Waals surface area contributed by atoms with E-state index in [1.54, 1.807) is 24.3 Å². The Morgan fingerprint density at radius 3 is 2.65 bits per heavy atom. The molecule has 0 fully saturated rings. The Hall–Kier alpha value is -1.29. The molecule has 0 aliphatic heterocycles. The topological polar surface area (TPSA) is 35.2 Å². The Kier molecular flexibility index (Phi) is 4.86. The van der Waals surface area contributed by atoms with E-state index in [1.165, 1.54) is 12.1 Å². The number of hydrogen-bond donors (Lipinski definition) is 1. The number of ether oxygens (including phenoxy) is 1. The van der Waals surface area contributed by atoms with Crippen LogP contribution in [0.15, 0.2) is 36.4 Å². The van der Waals surface area contributed by atoms with Gasteiger partial charge in [-0.25, -0.2) is 4.39 Å². The fraction of sp³-hybridized carbons (Fsp3) is 0.200. The second-order valence-electron chi connectivity index (χ2n) is 4.50. The zero-order valence-corrected chi connectivity index (χ0v) is 12.4. The number of nitrogens with two attached hydrogens (primary N) is 1. The molecule has 0 aromatic heterocycles. The van der Waals surface area contributed by atoms with E-state index in [1.807, 2.05) is 6.92 Å². The van der Waals surface area contributed by atoms with Crippen LogP contribution < -0.4 is 10.5 Å². The van der Waals surface area contributed by atoms with Gasteiger partial charge in [-0.2, -0.15) is 0 Å². The van der Waals surface area contributed by atoms with Gasteiger partial charge in [-0.15, -0.1) is 0 Å². The summed E-state index contributed by atoms with van der Waals surface area (Å²) in [5, 5.41) is 1.12. The van der Waals surface area contributed by atoms with E-state index in [9.17, 15) is 4.39 Å². The maximum absolute atomic E-state index is 13.3. The van der Waals surface area contributed by atoms with Crippen molar-refractivity contribution in [3.8, 4) is 5.75 Å². The van der Waals surface area contributed by atoms with Crippen LogP contribution in [0.3, 0.4) is 0 Å². The first-order valence-electron chi connectivity index (χ1n) is 6.09. The molecule has 0 saturated heterocycles. The van der Waals surface area contributed by atoms with Gasteiger partial charge in [-0.1, -0.05) is 29.3 Å². The van der Waals surface area contributed by atoms with Crippen molar-refractivity contribution in [1.29, 1.82) is 0 Å². The Bertz CT molecular complexity index is 617. The van der Waals surface area contributed by atoms with Gasteiger partial charge >= 0.3 is 0 Å². The molecular weight excluding hydrogens is 300 g/mol. The minimum absolute atomic E-state index is 0.197. The molecule has 0 saturated carbocycles. The molecule has 0 spiro atoms. The first-order valence-corrected chi connectivity index (χ1v) is 6.84. The van der Waals surface area contributed by atoms with Crippen LogP contribution >= 0.6 is 23.2 Å². The normalized spacial score (nSPS) is 12.2. The lowest BCUT2D eigenvalue weighted by molar-refractivity contribution is 0.300. The highest BCUT2D eigenvalue weighted by Gasteiger charge is 2.10. The van der Waals surface area contributed by atoms with E-state index in [0.29, 0.717) is 15.8 Å². The number of benzene rings is 2. The van der Waals surface area contributed by atoms with Crippen LogP contribution in [-0.4, -0.2) is 0 Å². The zero-order valence-electron chi connectivity index (χ0n) is 10.9. The number of rotatable bonds is 4. The van der Waals surface area contributed by atoms with Gasteiger partial charge in [0.15, 0.2) is 0 Å². The molecule has 2 nitrogen and oxygen atoms in total. The van der Waals surface area contributed by atoms with Gasteiger partial charge in [0.25, 0.3) is 0 Å². The summed E-state index contributed by atoms with van der Waals surface area (Å²) in [4.78, 5) is 0. The minimum atomic E-state index is -0.374. The molecule has 0 aliphatic carbocycles. The van der Waals surface area contributed by atoms with Crippen LogP contribution in [0, 0.1) is 5.82 Å². The number of hydrogen-bond acceptors (Lipinski definition) is 2. The fourth-order valence-electron chi connectivity index (χ4n) is 1.82. The standard InChI is InChI=1S/C15H14Cl2FNO/c1-9(19)13-4-3-12(18)7-15(13)20-8-10-6-11(16)2-5-14(10)17/h2-7,9H,8,19H2,1H3/t9-/m1/s1. The first kappa shape index (κ1) is 15.1. The largest absolute Gasteiger partial charge is 0.488 e. The van der Waals surface area contributed by atoms with Crippen LogP contribution in [0.5, 0.6) is 5.75 Å². The third kappa shape index (κ3) is 3.63. The molecule has 0 bridgehead atoms. The van der Waals surface area contributed by atoms with Crippen LogP contribution in [0.2, 0.25) is 10.0 Å². The van der Waals surface area contributed by atoms with Gasteiger partial charge < -0.3 is 10.5 Å². The van der Waals surface area contributed by atoms with Crippen molar-refractivity contribution in [3.63, 3.8) is 0 Å². The van der Waals surface area contributed by atoms with Gasteiger partial charge in [-0.3, -0.25) is 0 Å². The maximum Gasteiger partial charge on any atom is 0.127 e. The monoisotopic (exact) mass is 313 g/mol. The third-order valence-corrected chi connectivity index (χ3v) is 3.46. The van der Waals surface area contributed by atoms with E-state index in [4.69, 9.17) is 33.7 Å². The highest BCUT2D eigenvalue weighted by atomic mass is 35.5. The zero-order chi connectivity index (χ0) is 14.7. The molecule has 0 unspecified atom stereocenters. The average Bonchev–Trinajstić information content (AvgIpc) is 2.39. The Morgan fingerprint density at radius 1 is 1.20 bits per heavy atom.